The molecule has 1 aliphatic heterocycles. The number of nitrogens with one attached hydrogen (secondary N) is 1. The molecule has 0 saturated carbocycles. The van der Waals surface area contributed by atoms with Crippen molar-refractivity contribution in [1.82, 2.24) is 10.3 Å². The Hall–Kier alpha value is -1.60. The lowest BCUT2D eigenvalue weighted by molar-refractivity contribution is 0.0959. The summed E-state index contributed by atoms with van der Waals surface area (Å²) in [5.74, 6) is 0.114. The van der Waals surface area contributed by atoms with Gasteiger partial charge in [-0.05, 0) is 12.8 Å². The number of carbonyl (C=O) groups excluding carboxylic acids is 1. The molecule has 0 bridgehead atoms. The van der Waals surface area contributed by atoms with Gasteiger partial charge in [-0.2, -0.15) is 0 Å². The van der Waals surface area contributed by atoms with Gasteiger partial charge in [0.1, 0.15) is 10.7 Å². The van der Waals surface area contributed by atoms with E-state index in [2.05, 4.69) is 21.8 Å². The highest BCUT2D eigenvalue weighted by molar-refractivity contribution is 7.18. The highest BCUT2D eigenvalue weighted by Crippen LogP contribution is 2.30. The van der Waals surface area contributed by atoms with Crippen molar-refractivity contribution in [3.05, 3.63) is 17.5 Å². The van der Waals surface area contributed by atoms with Crippen LogP contribution in [-0.2, 0) is 0 Å². The first kappa shape index (κ1) is 13.8. The molecule has 0 radical (unpaired) electrons. The summed E-state index contributed by atoms with van der Waals surface area (Å²) >= 11 is 1.32. The van der Waals surface area contributed by atoms with Crippen LogP contribution in [0.2, 0.25) is 0 Å². The van der Waals surface area contributed by atoms with Crippen molar-refractivity contribution in [1.29, 1.82) is 0 Å². The molecule has 0 aromatic carbocycles. The van der Waals surface area contributed by atoms with Crippen molar-refractivity contribution in [2.45, 2.75) is 18.9 Å². The van der Waals surface area contributed by atoms with Gasteiger partial charge in [-0.3, -0.25) is 4.79 Å². The van der Waals surface area contributed by atoms with Gasteiger partial charge >= 0.3 is 0 Å². The fourth-order valence-electron chi connectivity index (χ4n) is 1.95. The van der Waals surface area contributed by atoms with Crippen molar-refractivity contribution >= 4 is 28.2 Å². The number of amides is 1. The van der Waals surface area contributed by atoms with Crippen LogP contribution < -0.4 is 21.7 Å². The van der Waals surface area contributed by atoms with Crippen LogP contribution in [0.15, 0.2) is 12.7 Å². The molecule has 1 fully saturated rings. The second-order valence-electron chi connectivity index (χ2n) is 4.54. The Morgan fingerprint density at radius 2 is 2.47 bits per heavy atom. The summed E-state index contributed by atoms with van der Waals surface area (Å²) in [4.78, 5) is 18.7. The van der Waals surface area contributed by atoms with Crippen LogP contribution in [0.4, 0.5) is 10.9 Å². The van der Waals surface area contributed by atoms with E-state index in [0.717, 1.165) is 31.1 Å². The third-order valence-corrected chi connectivity index (χ3v) is 4.11. The number of nitrogens with two attached hydrogens (primary N) is 2. The lowest BCUT2D eigenvalue weighted by Gasteiger charge is -2.12. The topological polar surface area (TPSA) is 97.3 Å². The lowest BCUT2D eigenvalue weighted by atomic mass is 10.3. The van der Waals surface area contributed by atoms with Gasteiger partial charge in [0.15, 0.2) is 5.13 Å². The predicted octanol–water partition coefficient (Wildman–Crippen LogP) is 0.569. The van der Waals surface area contributed by atoms with Gasteiger partial charge < -0.3 is 21.7 Å². The van der Waals surface area contributed by atoms with E-state index in [9.17, 15) is 4.79 Å². The molecule has 0 aliphatic carbocycles. The van der Waals surface area contributed by atoms with Gasteiger partial charge in [0, 0.05) is 25.7 Å². The van der Waals surface area contributed by atoms with Crippen LogP contribution in [0.3, 0.4) is 0 Å². The molecule has 0 spiro atoms. The third kappa shape index (κ3) is 3.24. The number of thiazole rings is 1. The average molecular weight is 281 g/mol. The Morgan fingerprint density at radius 3 is 3.11 bits per heavy atom. The van der Waals surface area contributed by atoms with E-state index in [0.29, 0.717) is 11.4 Å². The Balaban J connectivity index is 2.04. The maximum atomic E-state index is 11.9. The molecule has 19 heavy (non-hydrogen) atoms. The fourth-order valence-corrected chi connectivity index (χ4v) is 2.88. The van der Waals surface area contributed by atoms with E-state index in [1.54, 1.807) is 6.08 Å². The van der Waals surface area contributed by atoms with E-state index in [-0.39, 0.29) is 17.8 Å². The highest BCUT2D eigenvalue weighted by atomic mass is 32.1. The fraction of sp³-hybridized carbons (Fsp3) is 0.500. The van der Waals surface area contributed by atoms with Crippen LogP contribution in [0.25, 0.3) is 0 Å². The van der Waals surface area contributed by atoms with Crippen molar-refractivity contribution < 1.29 is 4.79 Å². The minimum absolute atomic E-state index is 0.174. The van der Waals surface area contributed by atoms with Crippen molar-refractivity contribution in [2.75, 3.05) is 30.3 Å². The lowest BCUT2D eigenvalue weighted by Crippen LogP contribution is -2.26. The Bertz CT molecular complexity index is 473. The van der Waals surface area contributed by atoms with Crippen molar-refractivity contribution in [3.63, 3.8) is 0 Å². The molecule has 1 atom stereocenters. The molecule has 6 nitrogen and oxygen atoms in total. The van der Waals surface area contributed by atoms with Gasteiger partial charge in [-0.15, -0.1) is 6.58 Å². The second-order valence-corrected chi connectivity index (χ2v) is 5.52. The first-order valence-electron chi connectivity index (χ1n) is 6.27. The molecule has 1 aromatic rings. The highest BCUT2D eigenvalue weighted by Gasteiger charge is 2.24. The normalized spacial score (nSPS) is 18.6. The molecule has 1 aromatic heterocycles. The van der Waals surface area contributed by atoms with Crippen LogP contribution >= 0.6 is 11.3 Å². The SMILES string of the molecule is C=CCCNC(=O)c1sc(N2CCC(N)C2)nc1N. The van der Waals surface area contributed by atoms with Gasteiger partial charge in [0.2, 0.25) is 0 Å². The number of hydrogen-bond donors (Lipinski definition) is 3. The Morgan fingerprint density at radius 1 is 1.68 bits per heavy atom. The van der Waals surface area contributed by atoms with Gasteiger partial charge in [0.05, 0.1) is 0 Å². The molecule has 104 valence electrons. The predicted molar refractivity (Wildman–Crippen MR) is 78.5 cm³/mol. The third-order valence-electron chi connectivity index (χ3n) is 2.98. The molecule has 1 amide bonds. The van der Waals surface area contributed by atoms with E-state index in [1.165, 1.54) is 11.3 Å². The summed E-state index contributed by atoms with van der Waals surface area (Å²) < 4.78 is 0. The average Bonchev–Trinajstić information content (AvgIpc) is 2.95. The van der Waals surface area contributed by atoms with Crippen LogP contribution in [0, 0.1) is 0 Å². The van der Waals surface area contributed by atoms with Crippen LogP contribution in [-0.4, -0.2) is 36.6 Å². The molecular formula is C12H19N5OS. The zero-order valence-electron chi connectivity index (χ0n) is 10.8. The molecule has 2 heterocycles. The van der Waals surface area contributed by atoms with E-state index >= 15 is 0 Å². The molecule has 7 heteroatoms. The summed E-state index contributed by atoms with van der Waals surface area (Å²) in [6.07, 6.45) is 3.44. The van der Waals surface area contributed by atoms with E-state index in [4.69, 9.17) is 11.5 Å². The first-order valence-corrected chi connectivity index (χ1v) is 7.09. The second kappa shape index (κ2) is 6.03. The Kier molecular flexibility index (Phi) is 4.39. The molecule has 1 unspecified atom stereocenters. The number of nitrogen functional groups attached to an aromatic ring is 1. The summed E-state index contributed by atoms with van der Waals surface area (Å²) in [6.45, 7) is 5.80. The summed E-state index contributed by atoms with van der Waals surface area (Å²) in [7, 11) is 0. The first-order chi connectivity index (χ1) is 9.11. The number of aromatic nitrogens is 1. The van der Waals surface area contributed by atoms with Crippen molar-refractivity contribution in [2.24, 2.45) is 5.73 Å². The Labute approximate surface area is 116 Å². The summed E-state index contributed by atoms with van der Waals surface area (Å²) in [5.41, 5.74) is 11.7. The number of carbonyl (C=O) groups is 1. The van der Waals surface area contributed by atoms with Gasteiger partial charge in [0.25, 0.3) is 5.91 Å². The standard InChI is InChI=1S/C12H19N5OS/c1-2-3-5-15-11(18)9-10(14)16-12(19-9)17-6-4-8(13)7-17/h2,8H,1,3-7,13-14H2,(H,15,18). The maximum Gasteiger partial charge on any atom is 0.265 e. The zero-order chi connectivity index (χ0) is 13.8. The van der Waals surface area contributed by atoms with Gasteiger partial charge in [-0.25, -0.2) is 4.98 Å². The molecule has 5 N–H and O–H groups in total. The molecule has 1 saturated heterocycles. The summed E-state index contributed by atoms with van der Waals surface area (Å²) in [6, 6.07) is 0.176. The minimum Gasteiger partial charge on any atom is -0.382 e. The number of hydrogen-bond acceptors (Lipinski definition) is 6. The number of rotatable bonds is 5. The molecular weight excluding hydrogens is 262 g/mol. The van der Waals surface area contributed by atoms with Gasteiger partial charge in [-0.1, -0.05) is 17.4 Å². The number of anilines is 2. The number of nitrogens with zero attached hydrogens (tertiary/aromatic N) is 2. The van der Waals surface area contributed by atoms with Crippen molar-refractivity contribution in [3.8, 4) is 0 Å². The quantitative estimate of drug-likeness (QED) is 0.541. The van der Waals surface area contributed by atoms with Crippen LogP contribution in [0.5, 0.6) is 0 Å². The largest absolute Gasteiger partial charge is 0.382 e. The molecule has 1 aliphatic rings. The monoisotopic (exact) mass is 281 g/mol. The minimum atomic E-state index is -0.174. The molecule has 2 rings (SSSR count). The zero-order valence-corrected chi connectivity index (χ0v) is 11.6. The van der Waals surface area contributed by atoms with E-state index in [1.807, 2.05) is 0 Å². The van der Waals surface area contributed by atoms with Crippen LogP contribution in [0.1, 0.15) is 22.5 Å². The maximum absolute atomic E-state index is 11.9. The smallest absolute Gasteiger partial charge is 0.265 e. The van der Waals surface area contributed by atoms with E-state index < -0.39 is 0 Å². The summed E-state index contributed by atoms with van der Waals surface area (Å²) in [5, 5.41) is 3.57.